The van der Waals surface area contributed by atoms with Crippen LogP contribution >= 0.6 is 23.4 Å². The van der Waals surface area contributed by atoms with Crippen LogP contribution in [0.2, 0.25) is 5.15 Å². The number of benzene rings is 2. The van der Waals surface area contributed by atoms with Crippen LogP contribution < -0.4 is 10.2 Å². The zero-order chi connectivity index (χ0) is 24.5. The van der Waals surface area contributed by atoms with Crippen molar-refractivity contribution in [3.63, 3.8) is 0 Å². The van der Waals surface area contributed by atoms with Gasteiger partial charge >= 0.3 is 0 Å². The molecule has 6 nitrogen and oxygen atoms in total. The molecule has 1 aromatic heterocycles. The van der Waals surface area contributed by atoms with E-state index in [1.807, 2.05) is 49.5 Å². The van der Waals surface area contributed by atoms with E-state index in [2.05, 4.69) is 32.2 Å². The zero-order valence-electron chi connectivity index (χ0n) is 20.1. The van der Waals surface area contributed by atoms with Gasteiger partial charge in [-0.05, 0) is 49.2 Å². The molecule has 1 aliphatic heterocycles. The van der Waals surface area contributed by atoms with Crippen molar-refractivity contribution < 1.29 is 4.79 Å². The first kappa shape index (κ1) is 25.5. The average Bonchev–Trinajstić information content (AvgIpc) is 2.88. The summed E-state index contributed by atoms with van der Waals surface area (Å²) in [7, 11) is 1.99. The molecule has 3 aromatic rings. The minimum atomic E-state index is -0.0299. The Morgan fingerprint density at radius 1 is 1.03 bits per heavy atom. The summed E-state index contributed by atoms with van der Waals surface area (Å²) in [5, 5.41) is 4.09. The molecule has 1 aliphatic rings. The van der Waals surface area contributed by atoms with E-state index in [-0.39, 0.29) is 5.91 Å². The van der Waals surface area contributed by atoms with Gasteiger partial charge in [-0.2, -0.15) is 0 Å². The number of aromatic nitrogens is 2. The number of amides is 1. The second-order valence-corrected chi connectivity index (χ2v) is 10.2. The third-order valence-corrected chi connectivity index (χ3v) is 7.15. The highest BCUT2D eigenvalue weighted by Crippen LogP contribution is 2.25. The van der Waals surface area contributed by atoms with Gasteiger partial charge in [0.1, 0.15) is 11.0 Å². The van der Waals surface area contributed by atoms with Crippen LogP contribution in [0.5, 0.6) is 0 Å². The molecule has 0 unspecified atom stereocenters. The topological polar surface area (TPSA) is 61.4 Å². The van der Waals surface area contributed by atoms with Gasteiger partial charge in [-0.1, -0.05) is 72.2 Å². The summed E-state index contributed by atoms with van der Waals surface area (Å²) in [5.74, 6) is 1.40. The second kappa shape index (κ2) is 12.9. The number of carbonyl (C=O) groups excluding carboxylic acids is 1. The predicted molar refractivity (Wildman–Crippen MR) is 144 cm³/mol. The lowest BCUT2D eigenvalue weighted by molar-refractivity contribution is 0.0946. The molecule has 35 heavy (non-hydrogen) atoms. The molecule has 1 N–H and O–H groups in total. The molecule has 0 radical (unpaired) electrons. The van der Waals surface area contributed by atoms with Crippen LogP contribution in [0.25, 0.3) is 0 Å². The Hall–Kier alpha value is -2.61. The van der Waals surface area contributed by atoms with Crippen LogP contribution in [0.4, 0.5) is 5.82 Å². The van der Waals surface area contributed by atoms with Crippen LogP contribution in [0.3, 0.4) is 0 Å². The number of likely N-dealkylation sites (tertiary alicyclic amines) is 1. The first-order valence-corrected chi connectivity index (χ1v) is 13.4. The SMILES string of the molecule is CN(Cc1ccccc1)c1cc(Cl)nc(SCc2cccc(C(=O)NCCN3CCCCC3)c2)n1. The molecule has 0 saturated carbocycles. The predicted octanol–water partition coefficient (Wildman–Crippen LogP) is 5.27. The summed E-state index contributed by atoms with van der Waals surface area (Å²) in [6.45, 7) is 4.59. The molecular formula is C27H32ClN5OS. The summed E-state index contributed by atoms with van der Waals surface area (Å²) in [5.41, 5.74) is 2.92. The highest BCUT2D eigenvalue weighted by atomic mass is 35.5. The summed E-state index contributed by atoms with van der Waals surface area (Å²) >= 11 is 7.81. The minimum absolute atomic E-state index is 0.0299. The van der Waals surface area contributed by atoms with Gasteiger partial charge in [0.2, 0.25) is 0 Å². The lowest BCUT2D eigenvalue weighted by Crippen LogP contribution is -2.37. The number of hydrogen-bond acceptors (Lipinski definition) is 6. The van der Waals surface area contributed by atoms with Crippen LogP contribution in [0.15, 0.2) is 65.8 Å². The fourth-order valence-electron chi connectivity index (χ4n) is 4.15. The Morgan fingerprint density at radius 2 is 1.80 bits per heavy atom. The summed E-state index contributed by atoms with van der Waals surface area (Å²) in [6, 6.07) is 19.8. The minimum Gasteiger partial charge on any atom is -0.355 e. The van der Waals surface area contributed by atoms with Gasteiger partial charge in [-0.25, -0.2) is 9.97 Å². The highest BCUT2D eigenvalue weighted by Gasteiger charge is 2.12. The molecular weight excluding hydrogens is 478 g/mol. The maximum Gasteiger partial charge on any atom is 0.251 e. The van der Waals surface area contributed by atoms with Gasteiger partial charge in [0.25, 0.3) is 5.91 Å². The van der Waals surface area contributed by atoms with E-state index in [9.17, 15) is 4.79 Å². The molecule has 1 fully saturated rings. The Balaban J connectivity index is 1.32. The van der Waals surface area contributed by atoms with E-state index in [0.717, 1.165) is 37.6 Å². The van der Waals surface area contributed by atoms with Gasteiger partial charge in [-0.3, -0.25) is 4.79 Å². The van der Waals surface area contributed by atoms with E-state index in [1.165, 1.54) is 36.6 Å². The highest BCUT2D eigenvalue weighted by molar-refractivity contribution is 7.98. The smallest absolute Gasteiger partial charge is 0.251 e. The van der Waals surface area contributed by atoms with Crippen molar-refractivity contribution >= 4 is 35.1 Å². The molecule has 0 aliphatic carbocycles. The molecule has 1 saturated heterocycles. The molecule has 1 amide bonds. The Labute approximate surface area is 217 Å². The molecule has 2 aromatic carbocycles. The van der Waals surface area contributed by atoms with Gasteiger partial charge in [0, 0.05) is 44.1 Å². The Kier molecular flexibility index (Phi) is 9.40. The lowest BCUT2D eigenvalue weighted by Gasteiger charge is -2.26. The summed E-state index contributed by atoms with van der Waals surface area (Å²) in [6.07, 6.45) is 3.84. The quantitative estimate of drug-likeness (QED) is 0.228. The molecule has 0 spiro atoms. The van der Waals surface area contributed by atoms with Crippen molar-refractivity contribution in [1.82, 2.24) is 20.2 Å². The van der Waals surface area contributed by atoms with Gasteiger partial charge < -0.3 is 15.1 Å². The third-order valence-electron chi connectivity index (χ3n) is 6.03. The number of carbonyl (C=O) groups is 1. The van der Waals surface area contributed by atoms with E-state index < -0.39 is 0 Å². The van der Waals surface area contributed by atoms with Crippen LogP contribution in [-0.4, -0.2) is 54.0 Å². The van der Waals surface area contributed by atoms with Crippen molar-refractivity contribution in [1.29, 1.82) is 0 Å². The lowest BCUT2D eigenvalue weighted by atomic mass is 10.1. The Bertz CT molecular complexity index is 1110. The molecule has 4 rings (SSSR count). The van der Waals surface area contributed by atoms with Crippen molar-refractivity contribution in [3.8, 4) is 0 Å². The van der Waals surface area contributed by atoms with Gasteiger partial charge in [-0.15, -0.1) is 0 Å². The maximum atomic E-state index is 12.6. The van der Waals surface area contributed by atoms with E-state index >= 15 is 0 Å². The number of rotatable bonds is 10. The largest absolute Gasteiger partial charge is 0.355 e. The van der Waals surface area contributed by atoms with Crippen molar-refractivity contribution in [2.45, 2.75) is 36.7 Å². The second-order valence-electron chi connectivity index (χ2n) is 8.82. The average molecular weight is 510 g/mol. The first-order valence-electron chi connectivity index (χ1n) is 12.1. The molecule has 184 valence electrons. The van der Waals surface area contributed by atoms with E-state index in [4.69, 9.17) is 16.6 Å². The monoisotopic (exact) mass is 509 g/mol. The first-order chi connectivity index (χ1) is 17.1. The summed E-state index contributed by atoms with van der Waals surface area (Å²) < 4.78 is 0. The summed E-state index contributed by atoms with van der Waals surface area (Å²) in [4.78, 5) is 26.2. The van der Waals surface area contributed by atoms with Crippen LogP contribution in [0.1, 0.15) is 40.7 Å². The number of halogens is 1. The molecule has 0 bridgehead atoms. The number of piperidine rings is 1. The number of hydrogen-bond donors (Lipinski definition) is 1. The zero-order valence-corrected chi connectivity index (χ0v) is 21.7. The van der Waals surface area contributed by atoms with Gasteiger partial charge in [0.05, 0.1) is 0 Å². The van der Waals surface area contributed by atoms with Crippen LogP contribution in [0, 0.1) is 0 Å². The number of nitrogens with one attached hydrogen (secondary N) is 1. The van der Waals surface area contributed by atoms with Crippen molar-refractivity contribution in [2.24, 2.45) is 0 Å². The number of anilines is 1. The molecule has 8 heteroatoms. The van der Waals surface area contributed by atoms with Crippen molar-refractivity contribution in [2.75, 3.05) is 38.1 Å². The standard InChI is InChI=1S/C27H32ClN5OS/c1-32(19-21-9-4-2-5-10-21)25-18-24(28)30-27(31-25)35-20-22-11-8-12-23(17-22)26(34)29-13-16-33-14-6-3-7-15-33/h2,4-5,8-12,17-18H,3,6-7,13-16,19-20H2,1H3,(H,29,34). The van der Waals surface area contributed by atoms with Crippen molar-refractivity contribution in [3.05, 3.63) is 82.5 Å². The third kappa shape index (κ3) is 7.95. The molecule has 2 heterocycles. The van der Waals surface area contributed by atoms with E-state index in [0.29, 0.717) is 28.2 Å². The number of nitrogens with zero attached hydrogens (tertiary/aromatic N) is 4. The molecule has 0 atom stereocenters. The van der Waals surface area contributed by atoms with Crippen LogP contribution in [-0.2, 0) is 12.3 Å². The Morgan fingerprint density at radius 3 is 2.60 bits per heavy atom. The van der Waals surface area contributed by atoms with Gasteiger partial charge in [0.15, 0.2) is 5.16 Å². The van der Waals surface area contributed by atoms with E-state index in [1.54, 1.807) is 6.07 Å². The fourth-order valence-corrected chi connectivity index (χ4v) is 5.17. The normalized spacial score (nSPS) is 14.0. The fraction of sp³-hybridized carbons (Fsp3) is 0.370. The maximum absolute atomic E-state index is 12.6. The number of thioether (sulfide) groups is 1.